The van der Waals surface area contributed by atoms with Gasteiger partial charge in [-0.2, -0.15) is 0 Å². The molecule has 1 aromatic heterocycles. The number of halogens is 1. The minimum absolute atomic E-state index is 0.0823. The van der Waals surface area contributed by atoms with Crippen LogP contribution in [0.15, 0.2) is 18.2 Å². The van der Waals surface area contributed by atoms with Crippen molar-refractivity contribution in [3.05, 3.63) is 45.6 Å². The van der Waals surface area contributed by atoms with Crippen LogP contribution in [0.4, 0.5) is 15.1 Å². The summed E-state index contributed by atoms with van der Waals surface area (Å²) in [5, 5.41) is 5.85. The Kier molecular flexibility index (Phi) is 6.68. The first-order valence-electron chi connectivity index (χ1n) is 8.35. The van der Waals surface area contributed by atoms with Gasteiger partial charge in [-0.3, -0.25) is 9.59 Å². The first-order chi connectivity index (χ1) is 12.7. The molecule has 0 spiro atoms. The van der Waals surface area contributed by atoms with E-state index in [0.717, 1.165) is 11.3 Å². The third-order valence-electron chi connectivity index (χ3n) is 3.83. The Bertz CT molecular complexity index is 892. The minimum Gasteiger partial charge on any atom is -0.462 e. The minimum atomic E-state index is -0.587. The van der Waals surface area contributed by atoms with Gasteiger partial charge in [0.1, 0.15) is 10.8 Å². The van der Waals surface area contributed by atoms with Crippen LogP contribution in [0.1, 0.15) is 45.0 Å². The lowest BCUT2D eigenvalue weighted by atomic mass is 10.1. The van der Waals surface area contributed by atoms with Crippen LogP contribution in [-0.4, -0.2) is 30.8 Å². The van der Waals surface area contributed by atoms with Crippen LogP contribution in [-0.2, 0) is 9.53 Å². The summed E-state index contributed by atoms with van der Waals surface area (Å²) in [6, 6.07) is 4.21. The van der Waals surface area contributed by atoms with E-state index in [2.05, 4.69) is 10.6 Å². The molecule has 1 amide bonds. The number of ether oxygens (including phenoxy) is 1. The number of thiophene rings is 1. The zero-order chi connectivity index (χ0) is 20.1. The number of hydrogen-bond donors (Lipinski definition) is 2. The summed E-state index contributed by atoms with van der Waals surface area (Å²) in [5.41, 5.74) is 1.98. The number of anilines is 2. The average Bonchev–Trinajstić information content (AvgIpc) is 2.90. The zero-order valence-corrected chi connectivity index (χ0v) is 16.4. The van der Waals surface area contributed by atoms with Gasteiger partial charge in [-0.15, -0.1) is 11.3 Å². The van der Waals surface area contributed by atoms with E-state index in [1.54, 1.807) is 26.8 Å². The molecule has 0 aliphatic rings. The SMILES string of the molecule is CCOC(=O)c1c(NC(=O)CNc2ccc(F)cc2C)sc(C(C)=O)c1C. The van der Waals surface area contributed by atoms with E-state index in [0.29, 0.717) is 21.7 Å². The van der Waals surface area contributed by atoms with Gasteiger partial charge in [0.2, 0.25) is 5.91 Å². The van der Waals surface area contributed by atoms with Crippen molar-refractivity contribution in [2.24, 2.45) is 0 Å². The van der Waals surface area contributed by atoms with Crippen LogP contribution in [0.2, 0.25) is 0 Å². The van der Waals surface area contributed by atoms with Gasteiger partial charge < -0.3 is 15.4 Å². The van der Waals surface area contributed by atoms with Crippen molar-refractivity contribution in [1.29, 1.82) is 0 Å². The van der Waals surface area contributed by atoms with Crippen LogP contribution in [0, 0.1) is 19.7 Å². The Balaban J connectivity index is 2.17. The fraction of sp³-hybridized carbons (Fsp3) is 0.316. The number of aryl methyl sites for hydroxylation is 1. The third-order valence-corrected chi connectivity index (χ3v) is 5.13. The van der Waals surface area contributed by atoms with Gasteiger partial charge in [0, 0.05) is 5.69 Å². The number of rotatable bonds is 7. The molecule has 144 valence electrons. The highest BCUT2D eigenvalue weighted by molar-refractivity contribution is 7.18. The lowest BCUT2D eigenvalue weighted by Crippen LogP contribution is -2.22. The van der Waals surface area contributed by atoms with Gasteiger partial charge in [-0.1, -0.05) is 0 Å². The molecular formula is C19H21FN2O4S. The summed E-state index contributed by atoms with van der Waals surface area (Å²) >= 11 is 1.04. The Morgan fingerprint density at radius 1 is 1.22 bits per heavy atom. The summed E-state index contributed by atoms with van der Waals surface area (Å²) < 4.78 is 18.2. The van der Waals surface area contributed by atoms with E-state index < -0.39 is 11.9 Å². The number of carbonyl (C=O) groups excluding carboxylic acids is 3. The molecule has 0 bridgehead atoms. The number of nitrogens with one attached hydrogen (secondary N) is 2. The van der Waals surface area contributed by atoms with E-state index in [1.807, 2.05) is 0 Å². The molecule has 0 atom stereocenters. The van der Waals surface area contributed by atoms with Crippen molar-refractivity contribution >= 4 is 39.7 Å². The maximum atomic E-state index is 13.1. The maximum Gasteiger partial charge on any atom is 0.341 e. The van der Waals surface area contributed by atoms with E-state index in [1.165, 1.54) is 19.1 Å². The predicted octanol–water partition coefficient (Wildman–Crippen LogP) is 3.93. The van der Waals surface area contributed by atoms with Crippen molar-refractivity contribution < 1.29 is 23.5 Å². The molecule has 0 saturated carbocycles. The first kappa shape index (κ1) is 20.6. The number of Topliss-reactive ketones (excluding diaryl/α,β-unsaturated/α-hetero) is 1. The number of carbonyl (C=O) groups is 3. The molecule has 0 saturated heterocycles. The Morgan fingerprint density at radius 2 is 1.93 bits per heavy atom. The van der Waals surface area contributed by atoms with Gasteiger partial charge in [0.05, 0.1) is 23.6 Å². The van der Waals surface area contributed by atoms with E-state index in [-0.39, 0.29) is 35.3 Å². The standard InChI is InChI=1S/C19H21FN2O4S/c1-5-26-19(25)16-11(3)17(12(4)23)27-18(16)22-15(24)9-21-14-7-6-13(20)8-10(14)2/h6-8,21H,5,9H2,1-4H3,(H,22,24). The van der Waals surface area contributed by atoms with Gasteiger partial charge >= 0.3 is 5.97 Å². The van der Waals surface area contributed by atoms with Crippen LogP contribution in [0.25, 0.3) is 0 Å². The highest BCUT2D eigenvalue weighted by Gasteiger charge is 2.25. The van der Waals surface area contributed by atoms with Gasteiger partial charge in [-0.05, 0) is 57.0 Å². The second-order valence-corrected chi connectivity index (χ2v) is 6.92. The maximum absolute atomic E-state index is 13.1. The molecule has 1 aromatic carbocycles. The van der Waals surface area contributed by atoms with Gasteiger partial charge in [0.15, 0.2) is 5.78 Å². The van der Waals surface area contributed by atoms with Crippen molar-refractivity contribution in [3.63, 3.8) is 0 Å². The van der Waals surface area contributed by atoms with E-state index in [9.17, 15) is 18.8 Å². The van der Waals surface area contributed by atoms with Gasteiger partial charge in [0.25, 0.3) is 0 Å². The van der Waals surface area contributed by atoms with E-state index >= 15 is 0 Å². The fourth-order valence-corrected chi connectivity index (χ4v) is 3.66. The number of esters is 1. The molecule has 0 aliphatic heterocycles. The summed E-state index contributed by atoms with van der Waals surface area (Å²) in [6.45, 7) is 6.56. The summed E-state index contributed by atoms with van der Waals surface area (Å²) in [7, 11) is 0. The van der Waals surface area contributed by atoms with Crippen LogP contribution >= 0.6 is 11.3 Å². The summed E-state index contributed by atoms with van der Waals surface area (Å²) in [5.74, 6) is -1.53. The van der Waals surface area contributed by atoms with Crippen molar-refractivity contribution in [1.82, 2.24) is 0 Å². The Morgan fingerprint density at radius 3 is 2.52 bits per heavy atom. The fourth-order valence-electron chi connectivity index (χ4n) is 2.56. The molecule has 6 nitrogen and oxygen atoms in total. The monoisotopic (exact) mass is 392 g/mol. The summed E-state index contributed by atoms with van der Waals surface area (Å²) in [6.07, 6.45) is 0. The second kappa shape index (κ2) is 8.77. The first-order valence-corrected chi connectivity index (χ1v) is 9.17. The van der Waals surface area contributed by atoms with Crippen LogP contribution in [0.5, 0.6) is 0 Å². The third kappa shape index (κ3) is 4.91. The normalized spacial score (nSPS) is 10.4. The van der Waals surface area contributed by atoms with Crippen molar-refractivity contribution in [2.75, 3.05) is 23.8 Å². The lowest BCUT2D eigenvalue weighted by Gasteiger charge is -2.10. The number of benzene rings is 1. The number of hydrogen-bond acceptors (Lipinski definition) is 6. The largest absolute Gasteiger partial charge is 0.462 e. The zero-order valence-electron chi connectivity index (χ0n) is 15.6. The molecule has 2 rings (SSSR count). The number of ketones is 1. The van der Waals surface area contributed by atoms with Crippen molar-refractivity contribution in [2.45, 2.75) is 27.7 Å². The molecule has 8 heteroatoms. The van der Waals surface area contributed by atoms with Gasteiger partial charge in [-0.25, -0.2) is 9.18 Å². The highest BCUT2D eigenvalue weighted by atomic mass is 32.1. The Labute approximate surface area is 160 Å². The molecule has 27 heavy (non-hydrogen) atoms. The van der Waals surface area contributed by atoms with Crippen LogP contribution in [0.3, 0.4) is 0 Å². The molecule has 0 aliphatic carbocycles. The summed E-state index contributed by atoms with van der Waals surface area (Å²) in [4.78, 5) is 36.7. The van der Waals surface area contributed by atoms with Crippen LogP contribution < -0.4 is 10.6 Å². The molecule has 2 N–H and O–H groups in total. The molecule has 2 aromatic rings. The molecule has 0 radical (unpaired) electrons. The predicted molar refractivity (Wildman–Crippen MR) is 103 cm³/mol. The second-order valence-electron chi connectivity index (χ2n) is 5.90. The molecule has 1 heterocycles. The van der Waals surface area contributed by atoms with Crippen molar-refractivity contribution in [3.8, 4) is 0 Å². The Hall–Kier alpha value is -2.74. The lowest BCUT2D eigenvalue weighted by molar-refractivity contribution is -0.114. The molecule has 0 unspecified atom stereocenters. The highest BCUT2D eigenvalue weighted by Crippen LogP contribution is 2.34. The molecule has 0 fully saturated rings. The topological polar surface area (TPSA) is 84.5 Å². The van der Waals surface area contributed by atoms with E-state index in [4.69, 9.17) is 4.74 Å². The molecular weight excluding hydrogens is 371 g/mol. The smallest absolute Gasteiger partial charge is 0.341 e. The number of amides is 1. The average molecular weight is 392 g/mol. The quantitative estimate of drug-likeness (QED) is 0.551.